The van der Waals surface area contributed by atoms with Gasteiger partial charge in [-0.15, -0.1) is 11.3 Å². The quantitative estimate of drug-likeness (QED) is 0.556. The second-order valence-corrected chi connectivity index (χ2v) is 9.61. The number of carbonyl (C=O) groups excluding carboxylic acids is 2. The molecule has 1 amide bonds. The minimum absolute atomic E-state index is 0.144. The van der Waals surface area contributed by atoms with E-state index >= 15 is 0 Å². The molecule has 2 bridgehead atoms. The highest BCUT2D eigenvalue weighted by Crippen LogP contribution is 2.49. The Morgan fingerprint density at radius 3 is 2.54 bits per heavy atom. The van der Waals surface area contributed by atoms with Gasteiger partial charge in [-0.05, 0) is 68.6 Å². The van der Waals surface area contributed by atoms with E-state index < -0.39 is 5.97 Å². The van der Waals surface area contributed by atoms with Crippen LogP contribution in [-0.4, -0.2) is 49.1 Å². The van der Waals surface area contributed by atoms with Crippen LogP contribution >= 0.6 is 23.6 Å². The van der Waals surface area contributed by atoms with E-state index in [1.165, 1.54) is 49.0 Å². The first-order chi connectivity index (χ1) is 13.2. The van der Waals surface area contributed by atoms with Gasteiger partial charge >= 0.3 is 5.97 Å². The lowest BCUT2D eigenvalue weighted by Crippen LogP contribution is -2.42. The summed E-state index contributed by atoms with van der Waals surface area (Å²) in [6, 6.07) is 0.279. The average Bonchev–Trinajstić information content (AvgIpc) is 3.35. The second-order valence-electron chi connectivity index (χ2n) is 8.18. The van der Waals surface area contributed by atoms with Crippen LogP contribution in [0.2, 0.25) is 0 Å². The molecule has 0 aromatic carbocycles. The summed E-state index contributed by atoms with van der Waals surface area (Å²) in [6.45, 7) is 3.94. The van der Waals surface area contributed by atoms with Crippen molar-refractivity contribution in [2.45, 2.75) is 45.6 Å². The van der Waals surface area contributed by atoms with Gasteiger partial charge in [0, 0.05) is 20.1 Å². The lowest BCUT2D eigenvalue weighted by Gasteiger charge is -2.29. The number of rotatable bonds is 5. The standard InChI is InChI=1S/C20H29N3O3S2/c1-10-15(19(25)26-5)17(28-16(10)18(24)23(3)4)22-20(27)21-11(2)14-9-12-6-7-13(14)8-12/h11-14H,6-9H2,1-5H3,(H2,21,22,27). The Morgan fingerprint density at radius 1 is 1.29 bits per heavy atom. The summed E-state index contributed by atoms with van der Waals surface area (Å²) in [7, 11) is 4.72. The Hall–Kier alpha value is -1.67. The number of thiophene rings is 1. The number of amides is 1. The molecule has 1 heterocycles. The SMILES string of the molecule is COC(=O)c1c(NC(=S)NC(C)C2CC3CCC2C3)sc(C(=O)N(C)C)c1C. The molecule has 2 fully saturated rings. The number of esters is 1. The zero-order valence-corrected chi connectivity index (χ0v) is 18.8. The molecule has 4 unspecified atom stereocenters. The van der Waals surface area contributed by atoms with Crippen LogP contribution < -0.4 is 10.6 Å². The molecule has 2 saturated carbocycles. The van der Waals surface area contributed by atoms with Crippen LogP contribution in [0.1, 0.15) is 58.2 Å². The fourth-order valence-electron chi connectivity index (χ4n) is 4.72. The summed E-state index contributed by atoms with van der Waals surface area (Å²) in [5.74, 6) is 1.71. The fraction of sp³-hybridized carbons (Fsp3) is 0.650. The number of methoxy groups -OCH3 is 1. The summed E-state index contributed by atoms with van der Waals surface area (Å²) < 4.78 is 4.93. The normalized spacial score (nSPS) is 24.0. The molecule has 0 radical (unpaired) electrons. The van der Waals surface area contributed by atoms with Crippen LogP contribution in [0.25, 0.3) is 0 Å². The van der Waals surface area contributed by atoms with Crippen LogP contribution in [0, 0.1) is 24.7 Å². The molecular formula is C20H29N3O3S2. The van der Waals surface area contributed by atoms with Crippen LogP contribution in [0.3, 0.4) is 0 Å². The van der Waals surface area contributed by atoms with Gasteiger partial charge in [-0.3, -0.25) is 4.79 Å². The summed E-state index contributed by atoms with van der Waals surface area (Å²) in [6.07, 6.45) is 5.32. The average molecular weight is 424 g/mol. The van der Waals surface area contributed by atoms with Crippen molar-refractivity contribution in [3.05, 3.63) is 16.0 Å². The highest BCUT2D eigenvalue weighted by molar-refractivity contribution is 7.80. The van der Waals surface area contributed by atoms with Crippen LogP contribution in [0.4, 0.5) is 5.00 Å². The van der Waals surface area contributed by atoms with E-state index in [1.54, 1.807) is 21.0 Å². The summed E-state index contributed by atoms with van der Waals surface area (Å²) in [4.78, 5) is 26.8. The zero-order chi connectivity index (χ0) is 20.6. The van der Waals surface area contributed by atoms with Gasteiger partial charge in [0.15, 0.2) is 5.11 Å². The number of hydrogen-bond donors (Lipinski definition) is 2. The summed E-state index contributed by atoms with van der Waals surface area (Å²) in [5, 5.41) is 7.57. The van der Waals surface area contributed by atoms with Crippen molar-refractivity contribution in [1.29, 1.82) is 0 Å². The predicted octanol–water partition coefficient (Wildman–Crippen LogP) is 3.66. The highest BCUT2D eigenvalue weighted by atomic mass is 32.1. The van der Waals surface area contributed by atoms with Gasteiger partial charge in [0.05, 0.1) is 17.6 Å². The number of thiocarbonyl (C=S) groups is 1. The van der Waals surface area contributed by atoms with E-state index in [0.717, 1.165) is 11.8 Å². The number of fused-ring (bicyclic) bond motifs is 2. The number of hydrogen-bond acceptors (Lipinski definition) is 5. The van der Waals surface area contributed by atoms with E-state index in [1.807, 2.05) is 0 Å². The number of nitrogens with zero attached hydrogens (tertiary/aromatic N) is 1. The molecule has 2 aliphatic carbocycles. The van der Waals surface area contributed by atoms with Gasteiger partial charge in [0.1, 0.15) is 5.00 Å². The van der Waals surface area contributed by atoms with E-state index in [0.29, 0.717) is 32.0 Å². The van der Waals surface area contributed by atoms with Crippen molar-refractivity contribution < 1.29 is 14.3 Å². The molecule has 0 spiro atoms. The van der Waals surface area contributed by atoms with Crippen molar-refractivity contribution in [3.8, 4) is 0 Å². The van der Waals surface area contributed by atoms with Gasteiger partial charge in [-0.25, -0.2) is 4.79 Å². The number of nitrogens with one attached hydrogen (secondary N) is 2. The first-order valence-electron chi connectivity index (χ1n) is 9.73. The third-order valence-electron chi connectivity index (χ3n) is 6.16. The van der Waals surface area contributed by atoms with Gasteiger partial charge < -0.3 is 20.3 Å². The Balaban J connectivity index is 1.74. The largest absolute Gasteiger partial charge is 0.465 e. The van der Waals surface area contributed by atoms with Gasteiger partial charge in [-0.1, -0.05) is 6.42 Å². The topological polar surface area (TPSA) is 70.7 Å². The smallest absolute Gasteiger partial charge is 0.341 e. The maximum Gasteiger partial charge on any atom is 0.341 e. The molecule has 1 aromatic heterocycles. The van der Waals surface area contributed by atoms with Crippen molar-refractivity contribution in [3.63, 3.8) is 0 Å². The molecule has 0 saturated heterocycles. The summed E-state index contributed by atoms with van der Waals surface area (Å²) in [5.41, 5.74) is 0.983. The molecule has 2 aliphatic rings. The van der Waals surface area contributed by atoms with Crippen molar-refractivity contribution in [2.75, 3.05) is 26.5 Å². The number of anilines is 1. The zero-order valence-electron chi connectivity index (χ0n) is 17.1. The molecule has 0 aliphatic heterocycles. The Kier molecular flexibility index (Phi) is 6.29. The van der Waals surface area contributed by atoms with Crippen LogP contribution in [-0.2, 0) is 4.74 Å². The molecule has 28 heavy (non-hydrogen) atoms. The van der Waals surface area contributed by atoms with E-state index in [9.17, 15) is 9.59 Å². The molecular weight excluding hydrogens is 394 g/mol. The molecule has 4 atom stereocenters. The highest BCUT2D eigenvalue weighted by Gasteiger charge is 2.42. The van der Waals surface area contributed by atoms with Crippen molar-refractivity contribution >= 4 is 45.5 Å². The van der Waals surface area contributed by atoms with E-state index in [2.05, 4.69) is 17.6 Å². The van der Waals surface area contributed by atoms with E-state index in [4.69, 9.17) is 17.0 Å². The lowest BCUT2D eigenvalue weighted by molar-refractivity contribution is 0.0601. The van der Waals surface area contributed by atoms with Gasteiger partial charge in [0.25, 0.3) is 5.91 Å². The first-order valence-corrected chi connectivity index (χ1v) is 11.0. The molecule has 1 aromatic rings. The molecule has 8 heteroatoms. The monoisotopic (exact) mass is 423 g/mol. The lowest BCUT2D eigenvalue weighted by atomic mass is 9.84. The minimum atomic E-state index is -0.474. The molecule has 2 N–H and O–H groups in total. The molecule has 6 nitrogen and oxygen atoms in total. The van der Waals surface area contributed by atoms with Crippen molar-refractivity contribution in [1.82, 2.24) is 10.2 Å². The van der Waals surface area contributed by atoms with Crippen molar-refractivity contribution in [2.24, 2.45) is 17.8 Å². The summed E-state index contributed by atoms with van der Waals surface area (Å²) >= 11 is 6.76. The fourth-order valence-corrected chi connectivity index (χ4v) is 6.29. The second kappa shape index (κ2) is 8.37. The predicted molar refractivity (Wildman–Crippen MR) is 116 cm³/mol. The third-order valence-corrected chi connectivity index (χ3v) is 7.57. The number of ether oxygens (including phenoxy) is 1. The Labute approximate surface area is 176 Å². The van der Waals surface area contributed by atoms with Gasteiger partial charge in [-0.2, -0.15) is 0 Å². The minimum Gasteiger partial charge on any atom is -0.465 e. The van der Waals surface area contributed by atoms with E-state index in [-0.39, 0.29) is 11.9 Å². The Morgan fingerprint density at radius 2 is 2.00 bits per heavy atom. The van der Waals surface area contributed by atoms with Crippen LogP contribution in [0.15, 0.2) is 0 Å². The maximum absolute atomic E-state index is 12.5. The first kappa shape index (κ1) is 21.0. The third kappa shape index (κ3) is 4.03. The Bertz CT molecular complexity index is 790. The maximum atomic E-state index is 12.5. The van der Waals surface area contributed by atoms with Gasteiger partial charge in [0.2, 0.25) is 0 Å². The van der Waals surface area contributed by atoms with Crippen LogP contribution in [0.5, 0.6) is 0 Å². The molecule has 3 rings (SSSR count). The molecule has 154 valence electrons. The number of carbonyl (C=O) groups is 2.